The molecule has 0 saturated carbocycles. The smallest absolute Gasteiger partial charge is 0.420 e. The topological polar surface area (TPSA) is 84.4 Å². The Bertz CT molecular complexity index is 1270. The summed E-state index contributed by atoms with van der Waals surface area (Å²) in [5.74, 6) is 3.51. The van der Waals surface area contributed by atoms with Gasteiger partial charge in [0.05, 0.1) is 11.3 Å². The Morgan fingerprint density at radius 1 is 0.902 bits per heavy atom. The number of thioether (sulfide) groups is 1. The highest BCUT2D eigenvalue weighted by Crippen LogP contribution is 2.44. The fourth-order valence-corrected chi connectivity index (χ4v) is 6.37. The summed E-state index contributed by atoms with van der Waals surface area (Å²) in [5.41, 5.74) is 2.45. The van der Waals surface area contributed by atoms with E-state index >= 15 is 0 Å². The second-order valence-electron chi connectivity index (χ2n) is 12.8. The molecule has 2 saturated heterocycles. The van der Waals surface area contributed by atoms with E-state index in [-0.39, 0.29) is 12.0 Å². The van der Waals surface area contributed by atoms with Gasteiger partial charge >= 0.3 is 12.2 Å². The molecule has 3 aliphatic rings. The molecule has 0 radical (unpaired) electrons. The molecule has 0 atom stereocenters. The van der Waals surface area contributed by atoms with Crippen molar-refractivity contribution < 1.29 is 23.8 Å². The van der Waals surface area contributed by atoms with Gasteiger partial charge in [0.1, 0.15) is 23.6 Å². The third-order valence-corrected chi connectivity index (χ3v) is 8.30. The Hall–Kier alpha value is -3.14. The first-order chi connectivity index (χ1) is 19.4. The zero-order valence-corrected chi connectivity index (χ0v) is 25.9. The van der Waals surface area contributed by atoms with Crippen molar-refractivity contribution in [2.24, 2.45) is 0 Å². The van der Waals surface area contributed by atoms with Crippen molar-refractivity contribution in [1.29, 1.82) is 0 Å². The van der Waals surface area contributed by atoms with Gasteiger partial charge in [-0.15, -0.1) is 0 Å². The zero-order chi connectivity index (χ0) is 29.4. The van der Waals surface area contributed by atoms with Gasteiger partial charge in [0.25, 0.3) is 0 Å². The molecule has 0 aliphatic carbocycles. The van der Waals surface area contributed by atoms with Gasteiger partial charge in [-0.1, -0.05) is 6.07 Å². The van der Waals surface area contributed by atoms with Crippen LogP contribution >= 0.6 is 11.8 Å². The van der Waals surface area contributed by atoms with Crippen molar-refractivity contribution in [3.8, 4) is 5.75 Å². The molecule has 5 rings (SSSR count). The maximum Gasteiger partial charge on any atom is 0.420 e. The van der Waals surface area contributed by atoms with Gasteiger partial charge < -0.3 is 24.0 Å². The summed E-state index contributed by atoms with van der Waals surface area (Å²) < 4.78 is 17.9. The monoisotopic (exact) mass is 582 g/mol. The number of benzene rings is 1. The summed E-state index contributed by atoms with van der Waals surface area (Å²) in [7, 11) is 0. The third kappa shape index (κ3) is 6.85. The molecule has 4 heterocycles. The second kappa shape index (κ2) is 11.6. The van der Waals surface area contributed by atoms with Crippen molar-refractivity contribution in [2.45, 2.75) is 78.1 Å². The summed E-state index contributed by atoms with van der Waals surface area (Å²) in [6, 6.07) is 8.08. The first-order valence-electron chi connectivity index (χ1n) is 14.5. The number of anilines is 3. The van der Waals surface area contributed by atoms with Crippen molar-refractivity contribution in [1.82, 2.24) is 9.88 Å². The minimum atomic E-state index is -0.682. The van der Waals surface area contributed by atoms with Crippen molar-refractivity contribution in [2.75, 3.05) is 47.5 Å². The van der Waals surface area contributed by atoms with Crippen LogP contribution in [0.1, 0.15) is 71.4 Å². The first kappa shape index (κ1) is 29.4. The quantitative estimate of drug-likeness (QED) is 0.386. The van der Waals surface area contributed by atoms with Crippen molar-refractivity contribution >= 4 is 41.1 Å². The van der Waals surface area contributed by atoms with E-state index in [0.717, 1.165) is 54.3 Å². The second-order valence-corrected chi connectivity index (χ2v) is 14.0. The predicted octanol–water partition coefficient (Wildman–Crippen LogP) is 6.71. The maximum absolute atomic E-state index is 13.8. The van der Waals surface area contributed by atoms with Gasteiger partial charge in [0.15, 0.2) is 5.82 Å². The number of hydrogen-bond acceptors (Lipinski definition) is 8. The van der Waals surface area contributed by atoms with E-state index in [4.69, 9.17) is 19.2 Å². The number of likely N-dealkylation sites (tertiary alicyclic amines) is 1. The van der Waals surface area contributed by atoms with Crippen LogP contribution in [0.5, 0.6) is 5.75 Å². The Balaban J connectivity index is 1.47. The van der Waals surface area contributed by atoms with Crippen LogP contribution in [-0.2, 0) is 16.1 Å². The van der Waals surface area contributed by atoms with Crippen LogP contribution in [-0.4, -0.2) is 71.0 Å². The fourth-order valence-electron chi connectivity index (χ4n) is 5.47. The lowest BCUT2D eigenvalue weighted by atomic mass is 9.89. The lowest BCUT2D eigenvalue weighted by Crippen LogP contribution is -2.41. The van der Waals surface area contributed by atoms with Crippen LogP contribution in [0.3, 0.4) is 0 Å². The zero-order valence-electron chi connectivity index (χ0n) is 25.1. The number of rotatable bonds is 2. The molecule has 1 aromatic carbocycles. The Labute approximate surface area is 247 Å². The van der Waals surface area contributed by atoms with Crippen LogP contribution in [0.4, 0.5) is 26.8 Å². The van der Waals surface area contributed by atoms with E-state index in [2.05, 4.69) is 11.0 Å². The number of pyridine rings is 1. The molecule has 2 fully saturated rings. The normalized spacial score (nSPS) is 18.1. The van der Waals surface area contributed by atoms with E-state index < -0.39 is 17.3 Å². The van der Waals surface area contributed by atoms with E-state index in [1.807, 2.05) is 71.5 Å². The number of carbonyl (C=O) groups is 2. The van der Waals surface area contributed by atoms with Crippen molar-refractivity contribution in [3.63, 3.8) is 0 Å². The van der Waals surface area contributed by atoms with Gasteiger partial charge in [0.2, 0.25) is 0 Å². The van der Waals surface area contributed by atoms with Gasteiger partial charge in [0, 0.05) is 49.6 Å². The average Bonchev–Trinajstić information content (AvgIpc) is 3.08. The van der Waals surface area contributed by atoms with Crippen LogP contribution in [0, 0.1) is 0 Å². The summed E-state index contributed by atoms with van der Waals surface area (Å²) in [4.78, 5) is 36.9. The molecule has 1 aromatic heterocycles. The van der Waals surface area contributed by atoms with E-state index in [1.54, 1.807) is 16.0 Å². The number of amides is 2. The minimum absolute atomic E-state index is 0.229. The number of aromatic nitrogens is 1. The molecule has 2 amide bonds. The summed E-state index contributed by atoms with van der Waals surface area (Å²) in [6.07, 6.45) is 2.62. The highest BCUT2D eigenvalue weighted by molar-refractivity contribution is 7.99. The molecule has 41 heavy (non-hydrogen) atoms. The third-order valence-electron chi connectivity index (χ3n) is 7.36. The molecular weight excluding hydrogens is 540 g/mol. The van der Waals surface area contributed by atoms with E-state index in [9.17, 15) is 9.59 Å². The molecular formula is C31H42N4O5S. The molecule has 0 spiro atoms. The SMILES string of the molecule is CC(C)(C)OC(=O)N1CCC(c2ccc3c(c2)N(C(=O)OC(C)(C)C)c2nccc(N4CCSCC4)c2CO3)CC1. The molecule has 10 heteroatoms. The summed E-state index contributed by atoms with van der Waals surface area (Å²) in [5, 5.41) is 0. The predicted molar refractivity (Wildman–Crippen MR) is 163 cm³/mol. The lowest BCUT2D eigenvalue weighted by Gasteiger charge is -2.34. The molecule has 9 nitrogen and oxygen atoms in total. The Morgan fingerprint density at radius 3 is 2.22 bits per heavy atom. The largest absolute Gasteiger partial charge is 0.486 e. The van der Waals surface area contributed by atoms with Crippen LogP contribution < -0.4 is 14.5 Å². The molecule has 0 unspecified atom stereocenters. The highest BCUT2D eigenvalue weighted by Gasteiger charge is 2.35. The van der Waals surface area contributed by atoms with Gasteiger partial charge in [-0.3, -0.25) is 0 Å². The summed E-state index contributed by atoms with van der Waals surface area (Å²) >= 11 is 1.95. The van der Waals surface area contributed by atoms with Gasteiger partial charge in [-0.2, -0.15) is 11.8 Å². The minimum Gasteiger partial charge on any atom is -0.486 e. The Morgan fingerprint density at radius 2 is 1.56 bits per heavy atom. The van der Waals surface area contributed by atoms with Gasteiger partial charge in [-0.05, 0) is 84.1 Å². The highest BCUT2D eigenvalue weighted by atomic mass is 32.2. The number of hydrogen-bond donors (Lipinski definition) is 0. The summed E-state index contributed by atoms with van der Waals surface area (Å²) in [6.45, 7) is 14.7. The maximum atomic E-state index is 13.8. The number of nitrogens with zero attached hydrogens (tertiary/aromatic N) is 4. The van der Waals surface area contributed by atoms with Crippen LogP contribution in [0.2, 0.25) is 0 Å². The lowest BCUT2D eigenvalue weighted by molar-refractivity contribution is 0.0204. The molecule has 2 aromatic rings. The average molecular weight is 583 g/mol. The van der Waals surface area contributed by atoms with Crippen molar-refractivity contribution in [3.05, 3.63) is 41.6 Å². The number of ether oxygens (including phenoxy) is 3. The fraction of sp³-hybridized carbons (Fsp3) is 0.581. The number of carbonyl (C=O) groups excluding carboxylic acids is 2. The molecule has 222 valence electrons. The van der Waals surface area contributed by atoms with E-state index in [0.29, 0.717) is 37.0 Å². The molecule has 0 bridgehead atoms. The van der Waals surface area contributed by atoms with E-state index in [1.165, 1.54) is 0 Å². The first-order valence-corrected chi connectivity index (χ1v) is 15.6. The molecule has 3 aliphatic heterocycles. The number of fused-ring (bicyclic) bond motifs is 2. The van der Waals surface area contributed by atoms with Gasteiger partial charge in [-0.25, -0.2) is 19.5 Å². The number of piperidine rings is 1. The Kier molecular flexibility index (Phi) is 8.32. The van der Waals surface area contributed by atoms with Crippen LogP contribution in [0.25, 0.3) is 0 Å². The molecule has 0 N–H and O–H groups in total. The standard InChI is InChI=1S/C31H42N4O5S/c1-30(2,3)39-28(36)34-13-10-21(11-14-34)22-7-8-26-25(19-22)35(29(37)40-31(4,5)6)27-23(20-38-26)24(9-12-32-27)33-15-17-41-18-16-33/h7-9,12,19,21H,10-11,13-18,20H2,1-6H3. The van der Waals surface area contributed by atoms with Crippen LogP contribution in [0.15, 0.2) is 30.5 Å².